The predicted molar refractivity (Wildman–Crippen MR) is 106 cm³/mol. The molecule has 0 bridgehead atoms. The standard InChI is InChI=1S/C21H27N3O4/c1-15(2)24(3)21(26)17-9-7-16(8-10-17)14-23-19(25)18-6-5-11-22-20(18)28-13-12-27-4/h5-11,15H,12-14H2,1-4H3,(H,23,25). The van der Waals surface area contributed by atoms with Crippen LogP contribution >= 0.6 is 0 Å². The molecule has 7 heteroatoms. The number of amides is 2. The number of methoxy groups -OCH3 is 1. The van der Waals surface area contributed by atoms with E-state index in [2.05, 4.69) is 10.3 Å². The monoisotopic (exact) mass is 385 g/mol. The van der Waals surface area contributed by atoms with Gasteiger partial charge in [0.05, 0.1) is 6.61 Å². The Morgan fingerprint density at radius 3 is 2.50 bits per heavy atom. The number of nitrogens with zero attached hydrogens (tertiary/aromatic N) is 2. The first kappa shape index (κ1) is 21.4. The van der Waals surface area contributed by atoms with Crippen LogP contribution in [0, 0.1) is 0 Å². The van der Waals surface area contributed by atoms with Crippen LogP contribution in [-0.4, -0.2) is 55.1 Å². The van der Waals surface area contributed by atoms with E-state index in [4.69, 9.17) is 9.47 Å². The molecule has 0 aliphatic rings. The highest BCUT2D eigenvalue weighted by Crippen LogP contribution is 2.15. The van der Waals surface area contributed by atoms with E-state index in [9.17, 15) is 9.59 Å². The van der Waals surface area contributed by atoms with Gasteiger partial charge in [-0.05, 0) is 43.7 Å². The lowest BCUT2D eigenvalue weighted by atomic mass is 10.1. The van der Waals surface area contributed by atoms with Gasteiger partial charge < -0.3 is 19.7 Å². The van der Waals surface area contributed by atoms with Crippen LogP contribution in [0.3, 0.4) is 0 Å². The molecule has 0 saturated heterocycles. The second-order valence-electron chi connectivity index (χ2n) is 6.59. The molecule has 7 nitrogen and oxygen atoms in total. The van der Waals surface area contributed by atoms with E-state index in [1.165, 1.54) is 0 Å². The molecule has 0 saturated carbocycles. The first-order valence-corrected chi connectivity index (χ1v) is 9.15. The third-order valence-corrected chi connectivity index (χ3v) is 4.29. The molecule has 2 amide bonds. The van der Waals surface area contributed by atoms with Crippen molar-refractivity contribution in [2.75, 3.05) is 27.4 Å². The lowest BCUT2D eigenvalue weighted by Crippen LogP contribution is -2.32. The molecule has 0 spiro atoms. The van der Waals surface area contributed by atoms with E-state index in [1.54, 1.807) is 49.5 Å². The van der Waals surface area contributed by atoms with Crippen molar-refractivity contribution in [1.29, 1.82) is 0 Å². The average molecular weight is 385 g/mol. The van der Waals surface area contributed by atoms with Crippen molar-refractivity contribution >= 4 is 11.8 Å². The smallest absolute Gasteiger partial charge is 0.257 e. The number of ether oxygens (including phenoxy) is 2. The summed E-state index contributed by atoms with van der Waals surface area (Å²) in [5, 5.41) is 2.85. The number of hydrogen-bond donors (Lipinski definition) is 1. The zero-order valence-electron chi connectivity index (χ0n) is 16.8. The molecule has 0 radical (unpaired) electrons. The minimum absolute atomic E-state index is 0.0289. The quantitative estimate of drug-likeness (QED) is 0.671. The fourth-order valence-corrected chi connectivity index (χ4v) is 2.38. The minimum Gasteiger partial charge on any atom is -0.475 e. The molecular formula is C21H27N3O4. The Morgan fingerprint density at radius 2 is 1.86 bits per heavy atom. The summed E-state index contributed by atoms with van der Waals surface area (Å²) in [4.78, 5) is 30.6. The van der Waals surface area contributed by atoms with Gasteiger partial charge in [0.15, 0.2) is 0 Å². The van der Waals surface area contributed by atoms with Gasteiger partial charge in [-0.1, -0.05) is 12.1 Å². The maximum absolute atomic E-state index is 12.5. The molecule has 2 aromatic rings. The zero-order valence-corrected chi connectivity index (χ0v) is 16.8. The van der Waals surface area contributed by atoms with Crippen LogP contribution in [0.1, 0.15) is 40.1 Å². The van der Waals surface area contributed by atoms with Crippen LogP contribution in [0.2, 0.25) is 0 Å². The fourth-order valence-electron chi connectivity index (χ4n) is 2.38. The number of aromatic nitrogens is 1. The molecule has 1 N–H and O–H groups in total. The van der Waals surface area contributed by atoms with Crippen molar-refractivity contribution in [2.45, 2.75) is 26.4 Å². The molecule has 0 aliphatic heterocycles. The summed E-state index contributed by atoms with van der Waals surface area (Å²) < 4.78 is 10.4. The van der Waals surface area contributed by atoms with Crippen molar-refractivity contribution in [3.63, 3.8) is 0 Å². The summed E-state index contributed by atoms with van der Waals surface area (Å²) in [5.41, 5.74) is 1.87. The number of carbonyl (C=O) groups is 2. The van der Waals surface area contributed by atoms with Crippen LogP contribution in [0.15, 0.2) is 42.6 Å². The number of rotatable bonds is 9. The van der Waals surface area contributed by atoms with Gasteiger partial charge in [-0.25, -0.2) is 4.98 Å². The van der Waals surface area contributed by atoms with Crippen LogP contribution < -0.4 is 10.1 Å². The van der Waals surface area contributed by atoms with Gasteiger partial charge in [-0.15, -0.1) is 0 Å². The summed E-state index contributed by atoms with van der Waals surface area (Å²) in [6, 6.07) is 10.7. The lowest BCUT2D eigenvalue weighted by molar-refractivity contribution is 0.0754. The van der Waals surface area contributed by atoms with Crippen molar-refractivity contribution < 1.29 is 19.1 Å². The molecule has 0 aliphatic carbocycles. The first-order chi connectivity index (χ1) is 13.4. The highest BCUT2D eigenvalue weighted by atomic mass is 16.5. The Labute approximate surface area is 165 Å². The lowest BCUT2D eigenvalue weighted by Gasteiger charge is -2.21. The van der Waals surface area contributed by atoms with Gasteiger partial charge in [0, 0.05) is 38.5 Å². The van der Waals surface area contributed by atoms with Crippen molar-refractivity contribution in [3.8, 4) is 5.88 Å². The first-order valence-electron chi connectivity index (χ1n) is 9.15. The van der Waals surface area contributed by atoms with Crippen molar-refractivity contribution in [3.05, 3.63) is 59.3 Å². The van der Waals surface area contributed by atoms with Crippen molar-refractivity contribution in [2.24, 2.45) is 0 Å². The molecule has 0 fully saturated rings. The molecule has 0 unspecified atom stereocenters. The molecule has 1 aromatic heterocycles. The van der Waals surface area contributed by atoms with Crippen LogP contribution in [0.25, 0.3) is 0 Å². The van der Waals surface area contributed by atoms with Gasteiger partial charge in [0.25, 0.3) is 11.8 Å². The summed E-state index contributed by atoms with van der Waals surface area (Å²) in [7, 11) is 3.36. The maximum Gasteiger partial charge on any atom is 0.257 e. The zero-order chi connectivity index (χ0) is 20.5. The topological polar surface area (TPSA) is 80.8 Å². The predicted octanol–water partition coefficient (Wildman–Crippen LogP) is 2.52. The Hall–Kier alpha value is -2.93. The Bertz CT molecular complexity index is 790. The largest absolute Gasteiger partial charge is 0.475 e. The van der Waals surface area contributed by atoms with E-state index in [0.717, 1.165) is 5.56 Å². The van der Waals surface area contributed by atoms with E-state index >= 15 is 0 Å². The van der Waals surface area contributed by atoms with Gasteiger partial charge in [0.1, 0.15) is 12.2 Å². The number of nitrogens with one attached hydrogen (secondary N) is 1. The molecule has 2 rings (SSSR count). The highest BCUT2D eigenvalue weighted by molar-refractivity contribution is 5.96. The molecule has 1 aromatic carbocycles. The van der Waals surface area contributed by atoms with Gasteiger partial charge in [-0.3, -0.25) is 9.59 Å². The van der Waals surface area contributed by atoms with Gasteiger partial charge >= 0.3 is 0 Å². The minimum atomic E-state index is -0.278. The Kier molecular flexibility index (Phi) is 7.95. The van der Waals surface area contributed by atoms with E-state index in [-0.39, 0.29) is 23.7 Å². The summed E-state index contributed by atoms with van der Waals surface area (Å²) >= 11 is 0. The van der Waals surface area contributed by atoms with Crippen molar-refractivity contribution in [1.82, 2.24) is 15.2 Å². The number of pyridine rings is 1. The third-order valence-electron chi connectivity index (χ3n) is 4.29. The van der Waals surface area contributed by atoms with Crippen LogP contribution in [-0.2, 0) is 11.3 Å². The molecule has 0 atom stereocenters. The highest BCUT2D eigenvalue weighted by Gasteiger charge is 2.15. The van der Waals surface area contributed by atoms with Crippen LogP contribution in [0.5, 0.6) is 5.88 Å². The second kappa shape index (κ2) is 10.4. The number of benzene rings is 1. The number of carbonyl (C=O) groups excluding carboxylic acids is 2. The second-order valence-corrected chi connectivity index (χ2v) is 6.59. The van der Waals surface area contributed by atoms with E-state index in [1.807, 2.05) is 26.0 Å². The average Bonchev–Trinajstić information content (AvgIpc) is 2.71. The molecule has 28 heavy (non-hydrogen) atoms. The Balaban J connectivity index is 1.97. The molecular weight excluding hydrogens is 358 g/mol. The van der Waals surface area contributed by atoms with Gasteiger partial charge in [-0.2, -0.15) is 0 Å². The normalized spacial score (nSPS) is 10.6. The summed E-state index contributed by atoms with van der Waals surface area (Å²) in [6.45, 7) is 4.99. The maximum atomic E-state index is 12.5. The SMILES string of the molecule is COCCOc1ncccc1C(=O)NCc1ccc(C(=O)N(C)C(C)C)cc1. The molecule has 1 heterocycles. The fraction of sp³-hybridized carbons (Fsp3) is 0.381. The summed E-state index contributed by atoms with van der Waals surface area (Å²) in [6.07, 6.45) is 1.57. The van der Waals surface area contributed by atoms with Crippen LogP contribution in [0.4, 0.5) is 0 Å². The number of hydrogen-bond acceptors (Lipinski definition) is 5. The Morgan fingerprint density at radius 1 is 1.14 bits per heavy atom. The summed E-state index contributed by atoms with van der Waals surface area (Å²) in [5.74, 6) is -0.0336. The van der Waals surface area contributed by atoms with E-state index in [0.29, 0.717) is 30.9 Å². The van der Waals surface area contributed by atoms with Gasteiger partial charge in [0.2, 0.25) is 5.88 Å². The molecule has 150 valence electrons. The third kappa shape index (κ3) is 5.79. The van der Waals surface area contributed by atoms with E-state index < -0.39 is 0 Å².